The minimum absolute atomic E-state index is 0.620. The van der Waals surface area contributed by atoms with Crippen molar-refractivity contribution in [3.8, 4) is 56.7 Å². The Morgan fingerprint density at radius 3 is 1.50 bits per heavy atom. The van der Waals surface area contributed by atoms with Gasteiger partial charge in [-0.15, -0.1) is 11.3 Å². The lowest BCUT2D eigenvalue weighted by Gasteiger charge is -2.12. The van der Waals surface area contributed by atoms with Crippen LogP contribution in [-0.4, -0.2) is 29.1 Å². The van der Waals surface area contributed by atoms with Crippen molar-refractivity contribution in [3.05, 3.63) is 279 Å². The fourth-order valence-electron chi connectivity index (χ4n) is 12.6. The molecule has 18 aromatic rings. The fourth-order valence-corrected chi connectivity index (χ4v) is 13.8. The number of rotatable bonds is 6. The van der Waals surface area contributed by atoms with Crippen LogP contribution in [0, 0.1) is 0 Å². The molecule has 0 bridgehead atoms. The van der Waals surface area contributed by atoms with Gasteiger partial charge < -0.3 is 8.98 Å². The van der Waals surface area contributed by atoms with Gasteiger partial charge in [0.25, 0.3) is 0 Å². The second-order valence-electron chi connectivity index (χ2n) is 21.2. The highest BCUT2D eigenvalue weighted by atomic mass is 32.1. The molecule has 0 amide bonds. The van der Waals surface area contributed by atoms with E-state index in [2.05, 4.69) is 240 Å². The van der Waals surface area contributed by atoms with Crippen molar-refractivity contribution >= 4 is 119 Å². The summed E-state index contributed by atoms with van der Waals surface area (Å²) in [7, 11) is 0. The molecule has 0 N–H and O–H groups in total. The van der Waals surface area contributed by atoms with Gasteiger partial charge in [0.2, 0.25) is 5.95 Å². The Hall–Kier alpha value is -11.1. The Morgan fingerprint density at radius 1 is 0.298 bits per heavy atom. The average molecular weight is 1090 g/mol. The third-order valence-corrected chi connectivity index (χ3v) is 17.6. The molecule has 0 aliphatic heterocycles. The van der Waals surface area contributed by atoms with Gasteiger partial charge in [0, 0.05) is 80.9 Å². The summed E-state index contributed by atoms with van der Waals surface area (Å²) >= 11 is 1.88. The Balaban J connectivity index is 0.000000132. The molecule has 84 heavy (non-hydrogen) atoms. The molecule has 0 saturated heterocycles. The average Bonchev–Trinajstić information content (AvgIpc) is 2.54. The van der Waals surface area contributed by atoms with E-state index in [1.165, 1.54) is 53.1 Å². The molecular weight excluding hydrogens is 1040 g/mol. The first-order valence-electron chi connectivity index (χ1n) is 28.2. The highest BCUT2D eigenvalue weighted by molar-refractivity contribution is 7.26. The molecule has 8 heteroatoms. The monoisotopic (exact) mass is 1090 g/mol. The number of nitrogens with zero attached hydrogens (tertiary/aromatic N) is 6. The van der Waals surface area contributed by atoms with E-state index in [1.807, 2.05) is 59.9 Å². The highest BCUT2D eigenvalue weighted by Crippen LogP contribution is 2.44. The second-order valence-corrected chi connectivity index (χ2v) is 22.3. The zero-order chi connectivity index (χ0) is 55.2. The van der Waals surface area contributed by atoms with Gasteiger partial charge in [-0.3, -0.25) is 4.57 Å². The van der Waals surface area contributed by atoms with Crippen molar-refractivity contribution in [1.29, 1.82) is 0 Å². The third kappa shape index (κ3) is 7.65. The molecule has 0 aliphatic carbocycles. The van der Waals surface area contributed by atoms with E-state index in [-0.39, 0.29) is 0 Å². The first kappa shape index (κ1) is 47.7. The first-order valence-corrected chi connectivity index (χ1v) is 29.0. The molecule has 7 nitrogen and oxygen atoms in total. The zero-order valence-corrected chi connectivity index (χ0v) is 45.9. The van der Waals surface area contributed by atoms with Crippen molar-refractivity contribution in [1.82, 2.24) is 29.1 Å². The minimum Gasteiger partial charge on any atom is -0.454 e. The molecule has 6 aromatic heterocycles. The van der Waals surface area contributed by atoms with Gasteiger partial charge in [-0.05, 0) is 77.9 Å². The standard InChI is InChI=1S/C38H23N3O.C38H23N3S/c1-2-10-24(11-3-1)25-18-20-26(21-19-25)35-31-14-4-7-15-32(31)39-38(40-35)41-33-16-8-5-12-27(33)29-22-23-30-28-13-6-9-17-34(28)42-37(30)36(29)41;1-2-10-24(11-3-1)35-31-14-4-7-15-32(31)39-38(40-35)25-18-20-26(21-19-25)41-33-16-8-5-12-27(33)29-22-23-30-28-13-6-9-17-34(28)42-37(30)36(29)41/h2*1-23H. The Kier molecular flexibility index (Phi) is 11.0. The summed E-state index contributed by atoms with van der Waals surface area (Å²) in [6, 6.07) is 97.7. The van der Waals surface area contributed by atoms with Gasteiger partial charge >= 0.3 is 0 Å². The van der Waals surface area contributed by atoms with Gasteiger partial charge in [0.1, 0.15) is 11.1 Å². The maximum Gasteiger partial charge on any atom is 0.235 e. The van der Waals surface area contributed by atoms with Gasteiger partial charge in [-0.2, -0.15) is 0 Å². The summed E-state index contributed by atoms with van der Waals surface area (Å²) < 4.78 is 13.8. The van der Waals surface area contributed by atoms with Crippen LogP contribution < -0.4 is 0 Å². The van der Waals surface area contributed by atoms with Crippen LogP contribution in [0.5, 0.6) is 0 Å². The zero-order valence-electron chi connectivity index (χ0n) is 45.1. The van der Waals surface area contributed by atoms with Crippen LogP contribution in [0.3, 0.4) is 0 Å². The number of hydrogen-bond donors (Lipinski definition) is 0. The largest absolute Gasteiger partial charge is 0.454 e. The predicted molar refractivity (Wildman–Crippen MR) is 350 cm³/mol. The van der Waals surface area contributed by atoms with Crippen LogP contribution in [-0.2, 0) is 0 Å². The Labute approximate surface area is 485 Å². The van der Waals surface area contributed by atoms with Gasteiger partial charge in [0.15, 0.2) is 11.4 Å². The lowest BCUT2D eigenvalue weighted by Crippen LogP contribution is -2.03. The summed E-state index contributed by atoms with van der Waals surface area (Å²) in [4.78, 5) is 20.5. The van der Waals surface area contributed by atoms with Crippen LogP contribution in [0.25, 0.3) is 164 Å². The first-order chi connectivity index (χ1) is 41.7. The normalized spacial score (nSPS) is 11.8. The molecule has 0 atom stereocenters. The molecule has 6 heterocycles. The molecule has 0 saturated carbocycles. The van der Waals surface area contributed by atoms with Crippen LogP contribution in [0.4, 0.5) is 0 Å². The Bertz CT molecular complexity index is 5610. The molecule has 0 spiro atoms. The van der Waals surface area contributed by atoms with Crippen molar-refractivity contribution in [2.45, 2.75) is 0 Å². The topological polar surface area (TPSA) is 74.6 Å². The number of benzene rings is 12. The molecule has 18 rings (SSSR count). The summed E-state index contributed by atoms with van der Waals surface area (Å²) in [5.41, 5.74) is 16.5. The van der Waals surface area contributed by atoms with Gasteiger partial charge in [-0.25, -0.2) is 19.9 Å². The van der Waals surface area contributed by atoms with Gasteiger partial charge in [-0.1, -0.05) is 212 Å². The molecular formula is C76H46N6OS. The Morgan fingerprint density at radius 2 is 0.786 bits per heavy atom. The lowest BCUT2D eigenvalue weighted by atomic mass is 10.0. The minimum atomic E-state index is 0.620. The number of para-hydroxylation sites is 5. The third-order valence-electron chi connectivity index (χ3n) is 16.4. The maximum atomic E-state index is 6.54. The molecule has 392 valence electrons. The summed E-state index contributed by atoms with van der Waals surface area (Å²) in [5, 5.41) is 11.7. The summed E-state index contributed by atoms with van der Waals surface area (Å²) in [5.74, 6) is 1.35. The predicted octanol–water partition coefficient (Wildman–Crippen LogP) is 20.4. The number of furan rings is 1. The maximum absolute atomic E-state index is 6.54. The molecule has 0 radical (unpaired) electrons. The smallest absolute Gasteiger partial charge is 0.235 e. The van der Waals surface area contributed by atoms with E-state index < -0.39 is 0 Å². The summed E-state index contributed by atoms with van der Waals surface area (Å²) in [6.45, 7) is 0. The van der Waals surface area contributed by atoms with Crippen molar-refractivity contribution in [3.63, 3.8) is 0 Å². The molecule has 0 aliphatic rings. The quantitative estimate of drug-likeness (QED) is 0.166. The second kappa shape index (κ2) is 19.3. The number of aromatic nitrogens is 6. The van der Waals surface area contributed by atoms with Crippen LogP contribution in [0.1, 0.15) is 0 Å². The number of thiophene rings is 1. The lowest BCUT2D eigenvalue weighted by molar-refractivity contribution is 0.671. The number of fused-ring (bicyclic) bond motifs is 16. The van der Waals surface area contributed by atoms with Crippen molar-refractivity contribution in [2.24, 2.45) is 0 Å². The van der Waals surface area contributed by atoms with Crippen molar-refractivity contribution in [2.75, 3.05) is 0 Å². The highest BCUT2D eigenvalue weighted by Gasteiger charge is 2.23. The number of hydrogen-bond acceptors (Lipinski definition) is 6. The van der Waals surface area contributed by atoms with E-state index in [0.29, 0.717) is 5.95 Å². The van der Waals surface area contributed by atoms with E-state index in [4.69, 9.17) is 24.4 Å². The molecule has 12 aromatic carbocycles. The van der Waals surface area contributed by atoms with Crippen LogP contribution in [0.15, 0.2) is 283 Å². The van der Waals surface area contributed by atoms with Crippen LogP contribution >= 0.6 is 11.3 Å². The van der Waals surface area contributed by atoms with E-state index in [1.54, 1.807) is 0 Å². The van der Waals surface area contributed by atoms with E-state index >= 15 is 0 Å². The fraction of sp³-hybridized carbons (Fsp3) is 0. The molecule has 0 fully saturated rings. The van der Waals surface area contributed by atoms with E-state index in [9.17, 15) is 0 Å². The van der Waals surface area contributed by atoms with E-state index in [0.717, 1.165) is 105 Å². The molecule has 0 unspecified atom stereocenters. The van der Waals surface area contributed by atoms with Crippen LogP contribution in [0.2, 0.25) is 0 Å². The SMILES string of the molecule is c1ccc(-c2ccc(-c3nc(-n4c5ccccc5c5ccc6c7ccccc7oc6c54)nc4ccccc34)cc2)cc1.c1ccc(-c2nc(-c3ccc(-n4c5ccccc5c5ccc6c7ccccc7sc6c54)cc3)nc3ccccc23)cc1. The summed E-state index contributed by atoms with van der Waals surface area (Å²) in [6.07, 6.45) is 0. The van der Waals surface area contributed by atoms with Gasteiger partial charge in [0.05, 0.1) is 43.7 Å². The van der Waals surface area contributed by atoms with Crippen molar-refractivity contribution < 1.29 is 4.42 Å².